The van der Waals surface area contributed by atoms with E-state index in [0.29, 0.717) is 10.9 Å². The third-order valence-corrected chi connectivity index (χ3v) is 5.20. The molecule has 5 nitrogen and oxygen atoms in total. The summed E-state index contributed by atoms with van der Waals surface area (Å²) >= 11 is 1.43. The number of thiazole rings is 1. The van der Waals surface area contributed by atoms with Crippen molar-refractivity contribution in [3.63, 3.8) is 0 Å². The van der Waals surface area contributed by atoms with Gasteiger partial charge in [-0.2, -0.15) is 0 Å². The van der Waals surface area contributed by atoms with Gasteiger partial charge in [0.05, 0.1) is 11.4 Å². The van der Waals surface area contributed by atoms with Gasteiger partial charge in [0.25, 0.3) is 5.91 Å². The van der Waals surface area contributed by atoms with Crippen LogP contribution < -0.4 is 5.32 Å². The fourth-order valence-corrected chi connectivity index (χ4v) is 3.37. The number of aryl methyl sites for hydroxylation is 3. The quantitative estimate of drug-likeness (QED) is 0.818. The first-order valence-corrected chi connectivity index (χ1v) is 9.31. The van der Waals surface area contributed by atoms with Crippen molar-refractivity contribution in [1.82, 2.24) is 15.5 Å². The zero-order valence-corrected chi connectivity index (χ0v) is 15.2. The van der Waals surface area contributed by atoms with E-state index in [1.165, 1.54) is 11.3 Å². The summed E-state index contributed by atoms with van der Waals surface area (Å²) in [5, 5.41) is 8.00. The molecule has 0 saturated heterocycles. The Balaban J connectivity index is 1.75. The van der Waals surface area contributed by atoms with Crippen LogP contribution in [0.5, 0.6) is 0 Å². The summed E-state index contributed by atoms with van der Waals surface area (Å²) in [6.45, 7) is 5.96. The fourth-order valence-electron chi connectivity index (χ4n) is 2.50. The van der Waals surface area contributed by atoms with Crippen LogP contribution in [0.1, 0.15) is 70.0 Å². The summed E-state index contributed by atoms with van der Waals surface area (Å²) in [5.41, 5.74) is 2.80. The number of unbranched alkanes of at least 4 members (excludes halogenated alkanes) is 1. The average molecular weight is 345 g/mol. The highest BCUT2D eigenvalue weighted by atomic mass is 32.1. The van der Waals surface area contributed by atoms with Crippen molar-refractivity contribution < 1.29 is 9.32 Å². The lowest BCUT2D eigenvalue weighted by atomic mass is 10.1. The standard InChI is InChI=1S/C18H23N3O2S/c1-4-5-6-15-14(12(3)23-21-15)9-10-16-19-11(2)17(24-16)18(22)20-13-7-8-13/h9-10,13H,4-8H2,1-3H3,(H,20,22)/b10-9+. The zero-order valence-electron chi connectivity index (χ0n) is 14.4. The minimum atomic E-state index is -0.00283. The summed E-state index contributed by atoms with van der Waals surface area (Å²) in [5.74, 6) is 0.814. The minimum absolute atomic E-state index is 0.00283. The van der Waals surface area contributed by atoms with Crippen molar-refractivity contribution in [1.29, 1.82) is 0 Å². The molecule has 0 spiro atoms. The van der Waals surface area contributed by atoms with Crippen molar-refractivity contribution in [3.8, 4) is 0 Å². The van der Waals surface area contributed by atoms with Gasteiger partial charge in [-0.3, -0.25) is 4.79 Å². The smallest absolute Gasteiger partial charge is 0.263 e. The van der Waals surface area contributed by atoms with Crippen LogP contribution in [0.2, 0.25) is 0 Å². The van der Waals surface area contributed by atoms with Gasteiger partial charge in [0.15, 0.2) is 0 Å². The van der Waals surface area contributed by atoms with Crippen LogP contribution in [0.15, 0.2) is 4.52 Å². The first-order valence-electron chi connectivity index (χ1n) is 8.50. The van der Waals surface area contributed by atoms with Crippen LogP contribution >= 0.6 is 11.3 Å². The molecule has 0 aliphatic heterocycles. The molecular weight excluding hydrogens is 322 g/mol. The van der Waals surface area contributed by atoms with Gasteiger partial charge < -0.3 is 9.84 Å². The molecule has 0 unspecified atom stereocenters. The van der Waals surface area contributed by atoms with E-state index in [4.69, 9.17) is 4.52 Å². The Labute approximate surface area is 146 Å². The van der Waals surface area contributed by atoms with Crippen molar-refractivity contribution in [2.75, 3.05) is 0 Å². The number of nitrogens with zero attached hydrogens (tertiary/aromatic N) is 2. The number of rotatable bonds is 7. The Morgan fingerprint density at radius 2 is 2.17 bits per heavy atom. The van der Waals surface area contributed by atoms with E-state index in [1.807, 2.05) is 26.0 Å². The van der Waals surface area contributed by atoms with Gasteiger partial charge in [0.1, 0.15) is 15.6 Å². The molecule has 1 amide bonds. The lowest BCUT2D eigenvalue weighted by molar-refractivity contribution is 0.0954. The summed E-state index contributed by atoms with van der Waals surface area (Å²) < 4.78 is 5.32. The zero-order chi connectivity index (χ0) is 17.1. The third-order valence-electron chi connectivity index (χ3n) is 4.07. The van der Waals surface area contributed by atoms with E-state index in [1.54, 1.807) is 0 Å². The summed E-state index contributed by atoms with van der Waals surface area (Å²) in [6.07, 6.45) is 9.25. The lowest BCUT2D eigenvalue weighted by Crippen LogP contribution is -2.25. The van der Waals surface area contributed by atoms with Gasteiger partial charge in [-0.15, -0.1) is 11.3 Å². The van der Waals surface area contributed by atoms with Crippen LogP contribution in [-0.2, 0) is 6.42 Å². The van der Waals surface area contributed by atoms with E-state index < -0.39 is 0 Å². The van der Waals surface area contributed by atoms with Crippen LogP contribution in [0.3, 0.4) is 0 Å². The predicted octanol–water partition coefficient (Wildman–Crippen LogP) is 4.15. The molecule has 1 saturated carbocycles. The Bertz CT molecular complexity index is 756. The van der Waals surface area contributed by atoms with E-state index in [-0.39, 0.29) is 5.91 Å². The monoisotopic (exact) mass is 345 g/mol. The first kappa shape index (κ1) is 16.9. The highest BCUT2D eigenvalue weighted by Crippen LogP contribution is 2.25. The van der Waals surface area contributed by atoms with Crippen molar-refractivity contribution in [2.45, 2.75) is 58.9 Å². The molecule has 2 aromatic heterocycles. The van der Waals surface area contributed by atoms with E-state index in [2.05, 4.69) is 22.4 Å². The topological polar surface area (TPSA) is 68.0 Å². The molecule has 24 heavy (non-hydrogen) atoms. The minimum Gasteiger partial charge on any atom is -0.361 e. The Morgan fingerprint density at radius 1 is 1.38 bits per heavy atom. The van der Waals surface area contributed by atoms with E-state index in [0.717, 1.165) is 59.8 Å². The molecule has 1 aliphatic rings. The number of nitrogens with one attached hydrogen (secondary N) is 1. The van der Waals surface area contributed by atoms with Crippen LogP contribution in [0, 0.1) is 13.8 Å². The van der Waals surface area contributed by atoms with Crippen LogP contribution in [0.25, 0.3) is 12.2 Å². The SMILES string of the molecule is CCCCc1noc(C)c1/C=C/c1nc(C)c(C(=O)NC2CC2)s1. The van der Waals surface area contributed by atoms with Gasteiger partial charge in [-0.05, 0) is 51.7 Å². The summed E-state index contributed by atoms with van der Waals surface area (Å²) in [4.78, 5) is 17.4. The molecule has 2 heterocycles. The van der Waals surface area contributed by atoms with Crippen molar-refractivity contribution >= 4 is 29.4 Å². The predicted molar refractivity (Wildman–Crippen MR) is 96.1 cm³/mol. The number of carbonyl (C=O) groups excluding carboxylic acids is 1. The molecule has 2 aromatic rings. The Kier molecular flexibility index (Phi) is 5.14. The van der Waals surface area contributed by atoms with Gasteiger partial charge in [0, 0.05) is 11.6 Å². The lowest BCUT2D eigenvalue weighted by Gasteiger charge is -1.99. The second kappa shape index (κ2) is 7.30. The Morgan fingerprint density at radius 3 is 2.88 bits per heavy atom. The van der Waals surface area contributed by atoms with Gasteiger partial charge >= 0.3 is 0 Å². The molecule has 0 atom stereocenters. The molecule has 0 bridgehead atoms. The number of aromatic nitrogens is 2. The molecule has 0 aromatic carbocycles. The maximum absolute atomic E-state index is 12.2. The van der Waals surface area contributed by atoms with Crippen molar-refractivity contribution in [2.24, 2.45) is 0 Å². The molecule has 1 N–H and O–H groups in total. The molecule has 0 radical (unpaired) electrons. The summed E-state index contributed by atoms with van der Waals surface area (Å²) in [6, 6.07) is 0.360. The highest BCUT2D eigenvalue weighted by Gasteiger charge is 2.25. The second-order valence-corrected chi connectivity index (χ2v) is 7.28. The number of amides is 1. The number of carbonyl (C=O) groups is 1. The number of hydrogen-bond donors (Lipinski definition) is 1. The van der Waals surface area contributed by atoms with Crippen molar-refractivity contribution in [3.05, 3.63) is 32.6 Å². The second-order valence-electron chi connectivity index (χ2n) is 6.25. The highest BCUT2D eigenvalue weighted by molar-refractivity contribution is 7.14. The van der Waals surface area contributed by atoms with Gasteiger partial charge in [-0.1, -0.05) is 18.5 Å². The number of hydrogen-bond acceptors (Lipinski definition) is 5. The van der Waals surface area contributed by atoms with Gasteiger partial charge in [0.2, 0.25) is 0 Å². The maximum atomic E-state index is 12.2. The van der Waals surface area contributed by atoms with Crippen LogP contribution in [-0.4, -0.2) is 22.1 Å². The average Bonchev–Trinajstić information content (AvgIpc) is 3.18. The molecule has 6 heteroatoms. The first-order chi connectivity index (χ1) is 11.6. The molecular formula is C18H23N3O2S. The maximum Gasteiger partial charge on any atom is 0.263 e. The fraction of sp³-hybridized carbons (Fsp3) is 0.500. The van der Waals surface area contributed by atoms with E-state index >= 15 is 0 Å². The van der Waals surface area contributed by atoms with Gasteiger partial charge in [-0.25, -0.2) is 4.98 Å². The summed E-state index contributed by atoms with van der Waals surface area (Å²) in [7, 11) is 0. The molecule has 3 rings (SSSR count). The molecule has 1 fully saturated rings. The molecule has 1 aliphatic carbocycles. The molecule has 128 valence electrons. The third kappa shape index (κ3) is 3.93. The van der Waals surface area contributed by atoms with E-state index in [9.17, 15) is 4.79 Å². The normalized spacial score (nSPS) is 14.5. The van der Waals surface area contributed by atoms with Crippen LogP contribution in [0.4, 0.5) is 0 Å². The Hall–Kier alpha value is -1.95. The largest absolute Gasteiger partial charge is 0.361 e.